The fourth-order valence-corrected chi connectivity index (χ4v) is 3.24. The molecular formula is C18H19N3O3. The van der Waals surface area contributed by atoms with Crippen LogP contribution in [0.5, 0.6) is 0 Å². The van der Waals surface area contributed by atoms with E-state index in [0.717, 1.165) is 22.6 Å². The SMILES string of the molecule is Cc1nc2ccccc2n1CC(=O)N1CCOCC1c1ccco1. The summed E-state index contributed by atoms with van der Waals surface area (Å²) in [6.45, 7) is 3.77. The van der Waals surface area contributed by atoms with Crippen molar-refractivity contribution in [1.29, 1.82) is 0 Å². The second kappa shape index (κ2) is 6.13. The van der Waals surface area contributed by atoms with Gasteiger partial charge < -0.3 is 18.6 Å². The number of hydrogen-bond acceptors (Lipinski definition) is 4. The molecule has 0 radical (unpaired) electrons. The molecule has 4 rings (SSSR count). The van der Waals surface area contributed by atoms with Gasteiger partial charge >= 0.3 is 0 Å². The Balaban J connectivity index is 1.61. The zero-order valence-electron chi connectivity index (χ0n) is 13.5. The van der Waals surface area contributed by atoms with Gasteiger partial charge in [0.1, 0.15) is 24.2 Å². The summed E-state index contributed by atoms with van der Waals surface area (Å²) < 4.78 is 13.0. The van der Waals surface area contributed by atoms with Crippen LogP contribution in [0.1, 0.15) is 17.6 Å². The average molecular weight is 325 g/mol. The van der Waals surface area contributed by atoms with Crippen LogP contribution < -0.4 is 0 Å². The summed E-state index contributed by atoms with van der Waals surface area (Å²) in [5.74, 6) is 1.65. The summed E-state index contributed by atoms with van der Waals surface area (Å²) in [6, 6.07) is 11.4. The molecule has 3 aromatic rings. The second-order valence-corrected chi connectivity index (χ2v) is 5.93. The Morgan fingerprint density at radius 3 is 3.00 bits per heavy atom. The van der Waals surface area contributed by atoms with Crippen molar-refractivity contribution < 1.29 is 13.9 Å². The topological polar surface area (TPSA) is 60.5 Å². The molecular weight excluding hydrogens is 306 g/mol. The van der Waals surface area contributed by atoms with Crippen molar-refractivity contribution >= 4 is 16.9 Å². The third-order valence-corrected chi connectivity index (χ3v) is 4.46. The molecule has 1 unspecified atom stereocenters. The maximum absolute atomic E-state index is 12.9. The first kappa shape index (κ1) is 15.0. The zero-order valence-corrected chi connectivity index (χ0v) is 13.5. The first-order valence-electron chi connectivity index (χ1n) is 8.06. The Morgan fingerprint density at radius 2 is 2.17 bits per heavy atom. The summed E-state index contributed by atoms with van der Waals surface area (Å²) in [5.41, 5.74) is 1.89. The van der Waals surface area contributed by atoms with Crippen LogP contribution in [0.15, 0.2) is 47.1 Å². The predicted octanol–water partition coefficient (Wildman–Crippen LogP) is 2.54. The lowest BCUT2D eigenvalue weighted by Crippen LogP contribution is -2.44. The van der Waals surface area contributed by atoms with Gasteiger partial charge in [-0.3, -0.25) is 4.79 Å². The van der Waals surface area contributed by atoms with Crippen LogP contribution >= 0.6 is 0 Å². The van der Waals surface area contributed by atoms with Gasteiger partial charge in [0.15, 0.2) is 0 Å². The molecule has 1 aromatic carbocycles. The summed E-state index contributed by atoms with van der Waals surface area (Å²) in [5, 5.41) is 0. The fraction of sp³-hybridized carbons (Fsp3) is 0.333. The Morgan fingerprint density at radius 1 is 1.29 bits per heavy atom. The number of hydrogen-bond donors (Lipinski definition) is 0. The molecule has 0 spiro atoms. The molecule has 1 aliphatic rings. The van der Waals surface area contributed by atoms with Crippen molar-refractivity contribution in [3.63, 3.8) is 0 Å². The first-order chi connectivity index (χ1) is 11.7. The Hall–Kier alpha value is -2.60. The number of para-hydroxylation sites is 2. The molecule has 1 amide bonds. The number of fused-ring (bicyclic) bond motifs is 1. The minimum Gasteiger partial charge on any atom is -0.467 e. The highest BCUT2D eigenvalue weighted by molar-refractivity contribution is 5.81. The normalized spacial score (nSPS) is 18.2. The number of carbonyl (C=O) groups is 1. The average Bonchev–Trinajstić information content (AvgIpc) is 3.24. The van der Waals surface area contributed by atoms with E-state index < -0.39 is 0 Å². The number of aryl methyl sites for hydroxylation is 1. The maximum atomic E-state index is 12.9. The first-order valence-corrected chi connectivity index (χ1v) is 8.06. The Bertz CT molecular complexity index is 854. The van der Waals surface area contributed by atoms with Crippen LogP contribution in [0.2, 0.25) is 0 Å². The number of imidazole rings is 1. The van der Waals surface area contributed by atoms with Crippen LogP contribution in [-0.4, -0.2) is 40.1 Å². The molecule has 6 nitrogen and oxygen atoms in total. The molecule has 1 aliphatic heterocycles. The van der Waals surface area contributed by atoms with Gasteiger partial charge in [-0.25, -0.2) is 4.98 Å². The minimum atomic E-state index is -0.170. The largest absolute Gasteiger partial charge is 0.467 e. The number of ether oxygens (including phenoxy) is 1. The van der Waals surface area contributed by atoms with Gasteiger partial charge in [-0.05, 0) is 31.2 Å². The number of furan rings is 1. The Labute approximate surface area is 139 Å². The number of aromatic nitrogens is 2. The number of benzene rings is 1. The quantitative estimate of drug-likeness (QED) is 0.742. The highest BCUT2D eigenvalue weighted by Crippen LogP contribution is 2.25. The number of rotatable bonds is 3. The number of nitrogens with zero attached hydrogens (tertiary/aromatic N) is 3. The molecule has 124 valence electrons. The van der Waals surface area contributed by atoms with E-state index in [1.54, 1.807) is 6.26 Å². The summed E-state index contributed by atoms with van der Waals surface area (Å²) in [7, 11) is 0. The molecule has 0 N–H and O–H groups in total. The summed E-state index contributed by atoms with van der Waals surface area (Å²) >= 11 is 0. The van der Waals surface area contributed by atoms with E-state index in [2.05, 4.69) is 4.98 Å². The van der Waals surface area contributed by atoms with Crippen LogP contribution in [0.3, 0.4) is 0 Å². The van der Waals surface area contributed by atoms with Gasteiger partial charge in [-0.1, -0.05) is 12.1 Å². The molecule has 2 aromatic heterocycles. The van der Waals surface area contributed by atoms with Gasteiger partial charge in [-0.2, -0.15) is 0 Å². The molecule has 24 heavy (non-hydrogen) atoms. The third kappa shape index (κ3) is 2.59. The van der Waals surface area contributed by atoms with E-state index in [1.807, 2.05) is 52.8 Å². The van der Waals surface area contributed by atoms with E-state index in [4.69, 9.17) is 9.15 Å². The van der Waals surface area contributed by atoms with Gasteiger partial charge in [-0.15, -0.1) is 0 Å². The maximum Gasteiger partial charge on any atom is 0.243 e. The lowest BCUT2D eigenvalue weighted by atomic mass is 10.1. The van der Waals surface area contributed by atoms with Crippen LogP contribution in [0.25, 0.3) is 11.0 Å². The van der Waals surface area contributed by atoms with E-state index in [1.165, 1.54) is 0 Å². The number of morpholine rings is 1. The highest BCUT2D eigenvalue weighted by atomic mass is 16.5. The van der Waals surface area contributed by atoms with Crippen molar-refractivity contribution in [3.05, 3.63) is 54.2 Å². The molecule has 0 aliphatic carbocycles. The highest BCUT2D eigenvalue weighted by Gasteiger charge is 2.30. The lowest BCUT2D eigenvalue weighted by molar-refractivity contribution is -0.141. The van der Waals surface area contributed by atoms with Crippen LogP contribution in [-0.2, 0) is 16.1 Å². The molecule has 6 heteroatoms. The molecule has 1 saturated heterocycles. The molecule has 1 fully saturated rings. The van der Waals surface area contributed by atoms with Crippen molar-refractivity contribution in [1.82, 2.24) is 14.5 Å². The smallest absolute Gasteiger partial charge is 0.243 e. The van der Waals surface area contributed by atoms with Crippen LogP contribution in [0.4, 0.5) is 0 Å². The van der Waals surface area contributed by atoms with E-state index in [9.17, 15) is 4.79 Å². The van der Waals surface area contributed by atoms with Crippen LogP contribution in [0, 0.1) is 6.92 Å². The number of carbonyl (C=O) groups excluding carboxylic acids is 1. The summed E-state index contributed by atoms with van der Waals surface area (Å²) in [6.07, 6.45) is 1.63. The zero-order chi connectivity index (χ0) is 16.5. The van der Waals surface area contributed by atoms with Gasteiger partial charge in [0, 0.05) is 6.54 Å². The van der Waals surface area contributed by atoms with Crippen molar-refractivity contribution in [2.75, 3.05) is 19.8 Å². The molecule has 1 atom stereocenters. The monoisotopic (exact) mass is 325 g/mol. The second-order valence-electron chi connectivity index (χ2n) is 5.93. The predicted molar refractivity (Wildman–Crippen MR) is 88.5 cm³/mol. The van der Waals surface area contributed by atoms with E-state index in [-0.39, 0.29) is 18.5 Å². The van der Waals surface area contributed by atoms with Crippen molar-refractivity contribution in [3.8, 4) is 0 Å². The summed E-state index contributed by atoms with van der Waals surface area (Å²) in [4.78, 5) is 19.3. The minimum absolute atomic E-state index is 0.0472. The standard InChI is InChI=1S/C18H19N3O3/c1-13-19-14-5-2-3-6-15(14)21(13)11-18(22)20-8-10-23-12-16(20)17-7-4-9-24-17/h2-7,9,16H,8,10-12H2,1H3. The fourth-order valence-electron chi connectivity index (χ4n) is 3.24. The van der Waals surface area contributed by atoms with Gasteiger partial charge in [0.2, 0.25) is 5.91 Å². The van der Waals surface area contributed by atoms with Gasteiger partial charge in [0.05, 0.1) is 30.5 Å². The third-order valence-electron chi connectivity index (χ3n) is 4.46. The van der Waals surface area contributed by atoms with Gasteiger partial charge in [0.25, 0.3) is 0 Å². The lowest BCUT2D eigenvalue weighted by Gasteiger charge is -2.34. The molecule has 3 heterocycles. The Kier molecular flexibility index (Phi) is 3.82. The molecule has 0 saturated carbocycles. The van der Waals surface area contributed by atoms with Crippen molar-refractivity contribution in [2.45, 2.75) is 19.5 Å². The number of amides is 1. The van der Waals surface area contributed by atoms with Crippen molar-refractivity contribution in [2.24, 2.45) is 0 Å². The molecule has 0 bridgehead atoms. The van der Waals surface area contributed by atoms with E-state index >= 15 is 0 Å². The van der Waals surface area contributed by atoms with E-state index in [0.29, 0.717) is 19.8 Å².